The number of urea groups is 1. The molecule has 1 aliphatic rings. The molecular weight excluding hydrogens is 464 g/mol. The Hall–Kier alpha value is -3.65. The molecule has 8 nitrogen and oxygen atoms in total. The Morgan fingerprint density at radius 2 is 1.94 bits per heavy atom. The van der Waals surface area contributed by atoms with Crippen molar-refractivity contribution in [2.75, 3.05) is 18.9 Å². The van der Waals surface area contributed by atoms with Crippen molar-refractivity contribution >= 4 is 35.4 Å². The second-order valence-corrected chi connectivity index (χ2v) is 10.00. The van der Waals surface area contributed by atoms with E-state index in [0.29, 0.717) is 46.3 Å². The Labute approximate surface area is 209 Å². The molecule has 3 N–H and O–H groups in total. The molecule has 4 rings (SSSR count). The summed E-state index contributed by atoms with van der Waals surface area (Å²) in [6.07, 6.45) is 1.82. The van der Waals surface area contributed by atoms with Gasteiger partial charge < -0.3 is 16.0 Å². The Bertz CT molecular complexity index is 1320. The Morgan fingerprint density at radius 3 is 2.60 bits per heavy atom. The summed E-state index contributed by atoms with van der Waals surface area (Å²) >= 11 is 6.14. The summed E-state index contributed by atoms with van der Waals surface area (Å²) in [4.78, 5) is 31.4. The maximum absolute atomic E-state index is 13.2. The predicted molar refractivity (Wildman–Crippen MR) is 139 cm³/mol. The third-order valence-electron chi connectivity index (χ3n) is 5.99. The first-order valence-electron chi connectivity index (χ1n) is 11.4. The lowest BCUT2D eigenvalue weighted by Crippen LogP contribution is -2.41. The molecule has 0 saturated carbocycles. The summed E-state index contributed by atoms with van der Waals surface area (Å²) in [6, 6.07) is 12.7. The molecule has 1 aliphatic heterocycles. The van der Waals surface area contributed by atoms with Crippen molar-refractivity contribution in [1.82, 2.24) is 14.7 Å². The SMILES string of the molecule is C/N=C/c1ccc(NC(=O)N2CCn3nc(-c4cccc(Cl)c4)c(C(N)=O)c3C2)cc1C(C)(C)C. The van der Waals surface area contributed by atoms with Crippen molar-refractivity contribution in [1.29, 1.82) is 0 Å². The van der Waals surface area contributed by atoms with E-state index >= 15 is 0 Å². The van der Waals surface area contributed by atoms with Gasteiger partial charge in [-0.1, -0.05) is 50.6 Å². The molecule has 35 heavy (non-hydrogen) atoms. The first-order chi connectivity index (χ1) is 16.6. The van der Waals surface area contributed by atoms with E-state index in [0.717, 1.165) is 11.1 Å². The van der Waals surface area contributed by atoms with Crippen LogP contribution in [-0.2, 0) is 18.5 Å². The number of anilines is 1. The molecule has 182 valence electrons. The second kappa shape index (κ2) is 9.54. The topological polar surface area (TPSA) is 106 Å². The van der Waals surface area contributed by atoms with Gasteiger partial charge in [-0.05, 0) is 40.8 Å². The van der Waals surface area contributed by atoms with E-state index in [4.69, 9.17) is 17.3 Å². The third kappa shape index (κ3) is 5.07. The van der Waals surface area contributed by atoms with Gasteiger partial charge in [-0.25, -0.2) is 4.79 Å². The number of aliphatic imine (C=N–C) groups is 1. The zero-order chi connectivity index (χ0) is 25.3. The van der Waals surface area contributed by atoms with Gasteiger partial charge in [0.25, 0.3) is 5.91 Å². The highest BCUT2D eigenvalue weighted by molar-refractivity contribution is 6.30. The van der Waals surface area contributed by atoms with Gasteiger partial charge in [0.1, 0.15) is 5.69 Å². The van der Waals surface area contributed by atoms with Crippen LogP contribution in [-0.4, -0.2) is 46.4 Å². The van der Waals surface area contributed by atoms with Gasteiger partial charge in [-0.15, -0.1) is 0 Å². The van der Waals surface area contributed by atoms with E-state index in [1.54, 1.807) is 34.8 Å². The summed E-state index contributed by atoms with van der Waals surface area (Å²) in [5.41, 5.74) is 10.5. The molecule has 1 aromatic heterocycles. The zero-order valence-corrected chi connectivity index (χ0v) is 21.1. The highest BCUT2D eigenvalue weighted by atomic mass is 35.5. The summed E-state index contributed by atoms with van der Waals surface area (Å²) in [7, 11) is 1.74. The number of benzene rings is 2. The van der Waals surface area contributed by atoms with Crippen LogP contribution in [0.1, 0.15) is 48.0 Å². The summed E-state index contributed by atoms with van der Waals surface area (Å²) in [5.74, 6) is -0.591. The van der Waals surface area contributed by atoms with Crippen LogP contribution in [0.4, 0.5) is 10.5 Å². The van der Waals surface area contributed by atoms with E-state index in [1.807, 2.05) is 30.5 Å². The molecule has 0 aliphatic carbocycles. The minimum Gasteiger partial charge on any atom is -0.365 e. The highest BCUT2D eigenvalue weighted by Crippen LogP contribution is 2.31. The third-order valence-corrected chi connectivity index (χ3v) is 6.23. The Kier molecular flexibility index (Phi) is 6.67. The average molecular weight is 493 g/mol. The Balaban J connectivity index is 1.60. The first kappa shape index (κ1) is 24.5. The van der Waals surface area contributed by atoms with Crippen LogP contribution < -0.4 is 11.1 Å². The average Bonchev–Trinajstić information content (AvgIpc) is 3.18. The van der Waals surface area contributed by atoms with Gasteiger partial charge in [0.2, 0.25) is 0 Å². The van der Waals surface area contributed by atoms with Crippen molar-refractivity contribution in [3.63, 3.8) is 0 Å². The fourth-order valence-electron chi connectivity index (χ4n) is 4.33. The first-order valence-corrected chi connectivity index (χ1v) is 11.7. The number of rotatable bonds is 4. The number of primary amides is 1. The van der Waals surface area contributed by atoms with Crippen LogP contribution in [0.25, 0.3) is 11.3 Å². The number of carbonyl (C=O) groups is 2. The molecule has 0 fully saturated rings. The lowest BCUT2D eigenvalue weighted by molar-refractivity contribution is 0.0997. The molecule has 0 bridgehead atoms. The molecule has 0 unspecified atom stereocenters. The van der Waals surface area contributed by atoms with Gasteiger partial charge in [0.15, 0.2) is 0 Å². The maximum Gasteiger partial charge on any atom is 0.322 e. The number of carbonyl (C=O) groups excluding carboxylic acids is 2. The standard InChI is InChI=1S/C26H29ClN6O2/c1-26(2,3)20-13-19(9-8-17(20)14-29-4)30-25(35)32-10-11-33-21(15-32)22(24(28)34)23(31-33)16-6-5-7-18(27)12-16/h5-9,12-14H,10-11,15H2,1-4H3,(H2,28,34)(H,30,35)/b29-14+. The van der Waals surface area contributed by atoms with Gasteiger partial charge >= 0.3 is 6.03 Å². The number of nitrogens with zero attached hydrogens (tertiary/aromatic N) is 4. The number of nitrogens with two attached hydrogens (primary N) is 1. The van der Waals surface area contributed by atoms with Crippen molar-refractivity contribution in [2.45, 2.75) is 39.3 Å². The van der Waals surface area contributed by atoms with E-state index < -0.39 is 5.91 Å². The van der Waals surface area contributed by atoms with Gasteiger partial charge in [0, 0.05) is 36.1 Å². The summed E-state index contributed by atoms with van der Waals surface area (Å²) in [6.45, 7) is 7.47. The van der Waals surface area contributed by atoms with Crippen molar-refractivity contribution < 1.29 is 9.59 Å². The van der Waals surface area contributed by atoms with Crippen molar-refractivity contribution in [3.05, 3.63) is 69.9 Å². The van der Waals surface area contributed by atoms with E-state index in [9.17, 15) is 9.59 Å². The largest absolute Gasteiger partial charge is 0.365 e. The number of aromatic nitrogens is 2. The molecule has 2 aromatic carbocycles. The fourth-order valence-corrected chi connectivity index (χ4v) is 4.52. The lowest BCUT2D eigenvalue weighted by atomic mass is 9.83. The van der Waals surface area contributed by atoms with Crippen molar-refractivity contribution in [3.8, 4) is 11.3 Å². The van der Waals surface area contributed by atoms with Crippen LogP contribution in [0.5, 0.6) is 0 Å². The quantitative estimate of drug-likeness (QED) is 0.515. The van der Waals surface area contributed by atoms with Gasteiger partial charge in [-0.3, -0.25) is 14.5 Å². The normalized spacial score (nSPS) is 13.7. The fraction of sp³-hybridized carbons (Fsp3) is 0.308. The molecular formula is C26H29ClN6O2. The molecule has 2 heterocycles. The number of amides is 3. The molecule has 3 aromatic rings. The molecule has 0 saturated heterocycles. The lowest BCUT2D eigenvalue weighted by Gasteiger charge is -2.29. The van der Waals surface area contributed by atoms with E-state index in [1.165, 1.54) is 0 Å². The van der Waals surface area contributed by atoms with Gasteiger partial charge in [-0.2, -0.15) is 5.10 Å². The summed E-state index contributed by atoms with van der Waals surface area (Å²) in [5, 5.41) is 8.15. The van der Waals surface area contributed by atoms with Crippen molar-refractivity contribution in [2.24, 2.45) is 10.7 Å². The maximum atomic E-state index is 13.2. The van der Waals surface area contributed by atoms with Crippen LogP contribution in [0.2, 0.25) is 5.02 Å². The van der Waals surface area contributed by atoms with Crippen LogP contribution >= 0.6 is 11.6 Å². The Morgan fingerprint density at radius 1 is 1.17 bits per heavy atom. The minimum atomic E-state index is -0.591. The smallest absolute Gasteiger partial charge is 0.322 e. The molecule has 0 spiro atoms. The van der Waals surface area contributed by atoms with E-state index in [2.05, 4.69) is 36.2 Å². The zero-order valence-electron chi connectivity index (χ0n) is 20.3. The number of nitrogens with one attached hydrogen (secondary N) is 1. The number of hydrogen-bond acceptors (Lipinski definition) is 4. The van der Waals surface area contributed by atoms with Crippen LogP contribution in [0.3, 0.4) is 0 Å². The molecule has 0 atom stereocenters. The minimum absolute atomic E-state index is 0.123. The van der Waals surface area contributed by atoms with Crippen LogP contribution in [0, 0.1) is 0 Å². The number of hydrogen-bond donors (Lipinski definition) is 2. The van der Waals surface area contributed by atoms with E-state index in [-0.39, 0.29) is 18.0 Å². The number of fused-ring (bicyclic) bond motifs is 1. The second-order valence-electron chi connectivity index (χ2n) is 9.56. The molecule has 0 radical (unpaired) electrons. The van der Waals surface area contributed by atoms with Crippen LogP contribution in [0.15, 0.2) is 47.5 Å². The highest BCUT2D eigenvalue weighted by Gasteiger charge is 2.30. The monoisotopic (exact) mass is 492 g/mol. The van der Waals surface area contributed by atoms with Gasteiger partial charge in [0.05, 0.1) is 24.3 Å². The predicted octanol–water partition coefficient (Wildman–Crippen LogP) is 4.70. The molecule has 9 heteroatoms. The summed E-state index contributed by atoms with van der Waals surface area (Å²) < 4.78 is 1.75. The number of halogens is 1. The molecule has 3 amide bonds.